The highest BCUT2D eigenvalue weighted by atomic mass is 32.2. The number of aromatic nitrogens is 1. The maximum Gasteiger partial charge on any atom is 0.388 e. The molecule has 3 saturated heterocycles. The van der Waals surface area contributed by atoms with E-state index in [0.717, 1.165) is 52.0 Å². The van der Waals surface area contributed by atoms with Gasteiger partial charge < -0.3 is 9.47 Å². The van der Waals surface area contributed by atoms with E-state index >= 15 is 0 Å². The van der Waals surface area contributed by atoms with Crippen LogP contribution in [-0.2, 0) is 14.8 Å². The number of piperidine rings is 1. The number of nitrogens with zero attached hydrogens (tertiary/aromatic N) is 3. The van der Waals surface area contributed by atoms with Gasteiger partial charge in [0.05, 0.1) is 18.9 Å². The number of halogens is 2. The van der Waals surface area contributed by atoms with Gasteiger partial charge >= 0.3 is 6.61 Å². The Labute approximate surface area is 175 Å². The van der Waals surface area contributed by atoms with Gasteiger partial charge in [-0.05, 0) is 44.1 Å². The van der Waals surface area contributed by atoms with E-state index in [2.05, 4.69) is 14.6 Å². The van der Waals surface area contributed by atoms with Gasteiger partial charge in [0.2, 0.25) is 15.9 Å². The highest BCUT2D eigenvalue weighted by Gasteiger charge is 2.56. The number of hydrogen-bond acceptors (Lipinski definition) is 6. The van der Waals surface area contributed by atoms with Gasteiger partial charge in [-0.15, -0.1) is 0 Å². The molecule has 166 valence electrons. The second kappa shape index (κ2) is 7.08. The lowest BCUT2D eigenvalue weighted by Crippen LogP contribution is -2.70. The summed E-state index contributed by atoms with van der Waals surface area (Å²) in [5.74, 6) is -0.277. The third-order valence-electron chi connectivity index (χ3n) is 7.37. The first kappa shape index (κ1) is 20.5. The number of rotatable bonds is 5. The Hall–Kier alpha value is -1.36. The molecule has 0 amide bonds. The molecule has 4 fully saturated rings. The number of likely N-dealkylation sites (tertiary alicyclic amines) is 1. The molecule has 3 aliphatic heterocycles. The molecular weight excluding hydrogens is 416 g/mol. The largest absolute Gasteiger partial charge is 0.417 e. The zero-order chi connectivity index (χ0) is 21.1. The van der Waals surface area contributed by atoms with Crippen molar-refractivity contribution in [2.45, 2.75) is 50.2 Å². The molecule has 1 aromatic rings. The number of ether oxygens (including phenoxy) is 2. The molecule has 1 saturated carbocycles. The van der Waals surface area contributed by atoms with E-state index in [1.165, 1.54) is 23.4 Å². The summed E-state index contributed by atoms with van der Waals surface area (Å²) in [5, 5.41) is 0. The molecule has 0 atom stereocenters. The van der Waals surface area contributed by atoms with Crippen molar-refractivity contribution < 1.29 is 26.7 Å². The van der Waals surface area contributed by atoms with Crippen LogP contribution in [0.5, 0.6) is 5.88 Å². The lowest BCUT2D eigenvalue weighted by Gasteiger charge is -2.63. The molecule has 5 rings (SSSR count). The summed E-state index contributed by atoms with van der Waals surface area (Å²) in [6.07, 6.45) is 4.03. The minimum absolute atomic E-state index is 0.0557. The molecule has 1 aliphatic carbocycles. The van der Waals surface area contributed by atoms with Gasteiger partial charge in [-0.1, -0.05) is 0 Å². The average molecular weight is 444 g/mol. The van der Waals surface area contributed by atoms with E-state index in [9.17, 15) is 17.2 Å². The number of pyridine rings is 1. The summed E-state index contributed by atoms with van der Waals surface area (Å²) >= 11 is 0. The Morgan fingerprint density at radius 1 is 1.17 bits per heavy atom. The fourth-order valence-corrected chi connectivity index (χ4v) is 7.15. The van der Waals surface area contributed by atoms with Gasteiger partial charge in [0.15, 0.2) is 0 Å². The average Bonchev–Trinajstić information content (AvgIpc) is 2.57. The minimum atomic E-state index is -3.70. The third-order valence-corrected chi connectivity index (χ3v) is 9.40. The molecule has 1 aromatic heterocycles. The molecule has 30 heavy (non-hydrogen) atoms. The zero-order valence-corrected chi connectivity index (χ0v) is 17.8. The Morgan fingerprint density at radius 3 is 2.37 bits per heavy atom. The van der Waals surface area contributed by atoms with Crippen molar-refractivity contribution in [3.63, 3.8) is 0 Å². The van der Waals surface area contributed by atoms with Crippen LogP contribution < -0.4 is 4.74 Å². The van der Waals surface area contributed by atoms with E-state index in [-0.39, 0.29) is 21.9 Å². The molecule has 2 spiro atoms. The number of aryl methyl sites for hydroxylation is 1. The zero-order valence-electron chi connectivity index (χ0n) is 17.0. The molecule has 0 aromatic carbocycles. The molecular formula is C20H27F2N3O4S. The van der Waals surface area contributed by atoms with E-state index in [1.807, 2.05) is 0 Å². The van der Waals surface area contributed by atoms with Crippen LogP contribution in [0.4, 0.5) is 8.78 Å². The first-order valence-electron chi connectivity index (χ1n) is 10.4. The van der Waals surface area contributed by atoms with E-state index in [0.29, 0.717) is 24.5 Å². The van der Waals surface area contributed by atoms with Crippen molar-refractivity contribution in [1.82, 2.24) is 14.2 Å². The quantitative estimate of drug-likeness (QED) is 0.695. The van der Waals surface area contributed by atoms with Crippen molar-refractivity contribution in [2.75, 3.05) is 39.4 Å². The second-order valence-corrected chi connectivity index (χ2v) is 11.4. The topological polar surface area (TPSA) is 72.0 Å². The number of hydrogen-bond donors (Lipinski definition) is 0. The van der Waals surface area contributed by atoms with Crippen LogP contribution in [0.1, 0.15) is 31.4 Å². The van der Waals surface area contributed by atoms with Crippen molar-refractivity contribution in [2.24, 2.45) is 10.8 Å². The molecule has 10 heteroatoms. The van der Waals surface area contributed by atoms with E-state index in [1.54, 1.807) is 0 Å². The van der Waals surface area contributed by atoms with Gasteiger partial charge in [0.25, 0.3) is 0 Å². The van der Waals surface area contributed by atoms with Gasteiger partial charge in [-0.3, -0.25) is 4.90 Å². The van der Waals surface area contributed by atoms with Crippen LogP contribution in [0.25, 0.3) is 0 Å². The molecule has 0 bridgehead atoms. The lowest BCUT2D eigenvalue weighted by atomic mass is 9.59. The number of alkyl halides is 2. The fraction of sp³-hybridized carbons (Fsp3) is 0.750. The molecule has 0 unspecified atom stereocenters. The smallest absolute Gasteiger partial charge is 0.388 e. The maximum atomic E-state index is 13.1. The highest BCUT2D eigenvalue weighted by molar-refractivity contribution is 7.89. The van der Waals surface area contributed by atoms with Crippen LogP contribution in [0, 0.1) is 17.8 Å². The number of sulfonamides is 1. The molecule has 4 heterocycles. The summed E-state index contributed by atoms with van der Waals surface area (Å²) in [4.78, 5) is 6.50. The van der Waals surface area contributed by atoms with Gasteiger partial charge in [0, 0.05) is 43.7 Å². The first-order valence-corrected chi connectivity index (χ1v) is 11.9. The van der Waals surface area contributed by atoms with Gasteiger partial charge in [0.1, 0.15) is 4.90 Å². The summed E-state index contributed by atoms with van der Waals surface area (Å²) in [6, 6.07) is 3.12. The van der Waals surface area contributed by atoms with Crippen molar-refractivity contribution in [1.29, 1.82) is 0 Å². The minimum Gasteiger partial charge on any atom is -0.417 e. The monoisotopic (exact) mass is 443 g/mol. The molecule has 0 N–H and O–H groups in total. The SMILES string of the molecule is Cc1nc(OC(F)F)ccc1S(=O)(=O)N1CCC2(CC1)CC(N1CC3(COC3)C1)C2. The van der Waals surface area contributed by atoms with Crippen molar-refractivity contribution in [3.05, 3.63) is 17.8 Å². The Kier molecular flexibility index (Phi) is 4.85. The molecule has 0 radical (unpaired) electrons. The van der Waals surface area contributed by atoms with Crippen LogP contribution >= 0.6 is 0 Å². The van der Waals surface area contributed by atoms with E-state index < -0.39 is 16.6 Å². The summed E-state index contributed by atoms with van der Waals surface area (Å²) in [5.41, 5.74) is 0.864. The van der Waals surface area contributed by atoms with Crippen LogP contribution in [-0.4, -0.2) is 74.7 Å². The normalized spacial score (nSPS) is 26.4. The highest BCUT2D eigenvalue weighted by Crippen LogP contribution is 2.54. The third kappa shape index (κ3) is 3.41. The predicted octanol–water partition coefficient (Wildman–Crippen LogP) is 2.26. The Bertz CT molecular complexity index is 914. The van der Waals surface area contributed by atoms with Crippen LogP contribution in [0.3, 0.4) is 0 Å². The van der Waals surface area contributed by atoms with E-state index in [4.69, 9.17) is 4.74 Å². The molecule has 4 aliphatic rings. The summed E-state index contributed by atoms with van der Waals surface area (Å²) in [6.45, 7) is 3.57. The van der Waals surface area contributed by atoms with Gasteiger partial charge in [-0.2, -0.15) is 13.1 Å². The maximum absolute atomic E-state index is 13.1. The van der Waals surface area contributed by atoms with Crippen molar-refractivity contribution in [3.8, 4) is 5.88 Å². The van der Waals surface area contributed by atoms with Gasteiger partial charge in [-0.25, -0.2) is 13.4 Å². The van der Waals surface area contributed by atoms with Crippen LogP contribution in [0.15, 0.2) is 17.0 Å². The standard InChI is InChI=1S/C20H27F2N3O4S/c1-14-16(2-3-17(23-14)29-18(21)22)30(26,27)25-6-4-19(5-7-25)8-15(9-19)24-10-20(11-24)12-28-13-20/h2-3,15,18H,4-13H2,1H3. The summed E-state index contributed by atoms with van der Waals surface area (Å²) in [7, 11) is -3.70. The van der Waals surface area contributed by atoms with Crippen LogP contribution in [0.2, 0.25) is 0 Å². The Balaban J connectivity index is 1.17. The lowest BCUT2D eigenvalue weighted by molar-refractivity contribution is -0.215. The first-order chi connectivity index (χ1) is 14.2. The second-order valence-electron chi connectivity index (χ2n) is 9.48. The summed E-state index contributed by atoms with van der Waals surface area (Å²) < 4.78 is 62.0. The fourth-order valence-electron chi connectivity index (χ4n) is 5.55. The predicted molar refractivity (Wildman–Crippen MR) is 104 cm³/mol. The molecule has 7 nitrogen and oxygen atoms in total. The Morgan fingerprint density at radius 2 is 1.83 bits per heavy atom. The van der Waals surface area contributed by atoms with Crippen molar-refractivity contribution >= 4 is 10.0 Å².